The van der Waals surface area contributed by atoms with Gasteiger partial charge >= 0.3 is 6.09 Å². The Balaban J connectivity index is 1.95. The summed E-state index contributed by atoms with van der Waals surface area (Å²) in [5, 5.41) is 4.42. The molecule has 9 nitrogen and oxygen atoms in total. The molecular weight excluding hydrogens is 394 g/mol. The molecule has 0 radical (unpaired) electrons. The molecule has 2 heterocycles. The smallest absolute Gasteiger partial charge is 0.411 e. The van der Waals surface area contributed by atoms with Crippen LogP contribution in [-0.2, 0) is 13.7 Å². The first-order valence-corrected chi connectivity index (χ1v) is 9.78. The molecule has 0 spiro atoms. The molecule has 152 valence electrons. The number of ether oxygens (including phenoxy) is 2. The number of amides is 1. The molecule has 0 aliphatic heterocycles. The molecule has 12 heteroatoms. The van der Waals surface area contributed by atoms with E-state index in [-0.39, 0.29) is 50.0 Å². The van der Waals surface area contributed by atoms with E-state index in [9.17, 15) is 13.6 Å². The molecule has 0 saturated heterocycles. The number of alkyl halides is 2. The molecule has 0 unspecified atom stereocenters. The Labute approximate surface area is 164 Å². The fraction of sp³-hybridized carbons (Fsp3) is 0.562. The Morgan fingerprint density at radius 2 is 2.04 bits per heavy atom. The third-order valence-corrected chi connectivity index (χ3v) is 4.89. The van der Waals surface area contributed by atoms with Crippen molar-refractivity contribution in [2.45, 2.75) is 49.3 Å². The first kappa shape index (κ1) is 20.2. The number of nitrogens with zero attached hydrogens (tertiary/aromatic N) is 5. The molecule has 2 aromatic rings. The van der Waals surface area contributed by atoms with Crippen LogP contribution in [0.4, 0.5) is 13.6 Å². The number of hydrogen-bond acceptors (Lipinski definition) is 8. The van der Waals surface area contributed by atoms with E-state index in [1.54, 1.807) is 13.3 Å². The topological polar surface area (TPSA) is 118 Å². The predicted octanol–water partition coefficient (Wildman–Crippen LogP) is 2.66. The fourth-order valence-electron chi connectivity index (χ4n) is 3.05. The van der Waals surface area contributed by atoms with Gasteiger partial charge < -0.3 is 15.2 Å². The molecule has 1 saturated carbocycles. The summed E-state index contributed by atoms with van der Waals surface area (Å²) in [5.74, 6) is -2.55. The minimum absolute atomic E-state index is 0.0115. The summed E-state index contributed by atoms with van der Waals surface area (Å²) in [6.07, 6.45) is 2.03. The van der Waals surface area contributed by atoms with E-state index in [0.717, 1.165) is 0 Å². The molecule has 3 rings (SSSR count). The highest BCUT2D eigenvalue weighted by Gasteiger charge is 2.38. The number of aromatic nitrogens is 5. The van der Waals surface area contributed by atoms with Crippen molar-refractivity contribution in [1.29, 1.82) is 0 Å². The Hall–Kier alpha value is -2.50. The van der Waals surface area contributed by atoms with Crippen molar-refractivity contribution in [3.8, 4) is 11.8 Å². The molecule has 2 aromatic heterocycles. The summed E-state index contributed by atoms with van der Waals surface area (Å²) < 4.78 is 39.6. The van der Waals surface area contributed by atoms with Crippen LogP contribution in [-0.4, -0.2) is 43.0 Å². The van der Waals surface area contributed by atoms with E-state index in [2.05, 4.69) is 20.1 Å². The lowest BCUT2D eigenvalue weighted by atomic mass is 9.83. The average Bonchev–Trinajstić information content (AvgIpc) is 3.05. The average molecular weight is 414 g/mol. The zero-order valence-corrected chi connectivity index (χ0v) is 16.2. The van der Waals surface area contributed by atoms with Gasteiger partial charge in [0.15, 0.2) is 17.6 Å². The second-order valence-corrected chi connectivity index (χ2v) is 7.18. The second-order valence-electron chi connectivity index (χ2n) is 6.41. The van der Waals surface area contributed by atoms with Gasteiger partial charge in [-0.2, -0.15) is 15.1 Å². The van der Waals surface area contributed by atoms with E-state index in [0.29, 0.717) is 16.5 Å². The van der Waals surface area contributed by atoms with Crippen molar-refractivity contribution in [2.75, 3.05) is 6.26 Å². The zero-order chi connectivity index (χ0) is 20.3. The van der Waals surface area contributed by atoms with Crippen LogP contribution in [0.25, 0.3) is 0 Å². The number of hydrogen-bond donors (Lipinski definition) is 1. The van der Waals surface area contributed by atoms with Crippen molar-refractivity contribution in [3.63, 3.8) is 0 Å². The van der Waals surface area contributed by atoms with Gasteiger partial charge in [-0.3, -0.25) is 4.68 Å². The number of thioether (sulfide) groups is 1. The second kappa shape index (κ2) is 8.25. The van der Waals surface area contributed by atoms with Crippen molar-refractivity contribution in [2.24, 2.45) is 12.8 Å². The minimum atomic E-state index is -2.71. The molecule has 0 aromatic carbocycles. The van der Waals surface area contributed by atoms with E-state index in [1.165, 1.54) is 22.8 Å². The van der Waals surface area contributed by atoms with Crippen LogP contribution in [0.1, 0.15) is 43.0 Å². The van der Waals surface area contributed by atoms with Gasteiger partial charge in [0.1, 0.15) is 6.33 Å². The molecule has 1 amide bonds. The molecule has 2 N–H and O–H groups in total. The SMILES string of the molecule is CSc1nc(OCc2ncn(C)n2)c(C2CCC(F)(F)CC2)c(OC(N)=O)n1. The van der Waals surface area contributed by atoms with Gasteiger partial charge in [0.2, 0.25) is 17.7 Å². The van der Waals surface area contributed by atoms with Gasteiger partial charge in [0.05, 0.1) is 5.56 Å². The largest absolute Gasteiger partial charge is 0.469 e. The van der Waals surface area contributed by atoms with E-state index >= 15 is 0 Å². The van der Waals surface area contributed by atoms with Crippen molar-refractivity contribution < 1.29 is 23.0 Å². The Morgan fingerprint density at radius 1 is 1.36 bits per heavy atom. The number of carbonyl (C=O) groups excluding carboxylic acids is 1. The van der Waals surface area contributed by atoms with Crippen LogP contribution < -0.4 is 15.2 Å². The summed E-state index contributed by atoms with van der Waals surface area (Å²) in [7, 11) is 1.72. The highest BCUT2D eigenvalue weighted by Crippen LogP contribution is 2.46. The van der Waals surface area contributed by atoms with Crippen molar-refractivity contribution in [3.05, 3.63) is 17.7 Å². The Morgan fingerprint density at radius 3 is 2.61 bits per heavy atom. The van der Waals surface area contributed by atoms with Gasteiger partial charge in [-0.25, -0.2) is 18.6 Å². The van der Waals surface area contributed by atoms with Crippen LogP contribution >= 0.6 is 11.8 Å². The van der Waals surface area contributed by atoms with E-state index in [4.69, 9.17) is 15.2 Å². The first-order chi connectivity index (χ1) is 13.3. The molecule has 1 aliphatic rings. The molecular formula is C16H20F2N6O3S. The maximum absolute atomic E-state index is 13.6. The normalized spacial score (nSPS) is 16.7. The van der Waals surface area contributed by atoms with Crippen molar-refractivity contribution in [1.82, 2.24) is 24.7 Å². The third-order valence-electron chi connectivity index (χ3n) is 4.35. The van der Waals surface area contributed by atoms with Gasteiger partial charge in [-0.1, -0.05) is 11.8 Å². The molecule has 0 atom stereocenters. The zero-order valence-electron chi connectivity index (χ0n) is 15.4. The van der Waals surface area contributed by atoms with Gasteiger partial charge in [-0.15, -0.1) is 0 Å². The van der Waals surface area contributed by atoms with Crippen LogP contribution in [0, 0.1) is 0 Å². The summed E-state index contributed by atoms with van der Waals surface area (Å²) in [6.45, 7) is 0.0115. The molecule has 0 bridgehead atoms. The molecule has 1 fully saturated rings. The number of aryl methyl sites for hydroxylation is 1. The lowest BCUT2D eigenvalue weighted by molar-refractivity contribution is -0.0386. The Kier molecular flexibility index (Phi) is 5.96. The van der Waals surface area contributed by atoms with E-state index < -0.39 is 12.0 Å². The van der Waals surface area contributed by atoms with Crippen LogP contribution in [0.5, 0.6) is 11.8 Å². The molecule has 1 aliphatic carbocycles. The standard InChI is InChI=1S/C16H20F2N6O3S/c1-24-8-20-10(23-24)7-26-12-11(9-3-5-16(17,18)6-4-9)13(27-14(19)25)22-15(21-12)28-2/h8-9H,3-7H2,1-2H3,(H2,19,25). The number of nitrogens with two attached hydrogens (primary N) is 1. The summed E-state index contributed by atoms with van der Waals surface area (Å²) >= 11 is 1.22. The van der Waals surface area contributed by atoms with Gasteiger partial charge in [0, 0.05) is 19.9 Å². The van der Waals surface area contributed by atoms with Crippen LogP contribution in [0.2, 0.25) is 0 Å². The lowest BCUT2D eigenvalue weighted by Gasteiger charge is -2.29. The fourth-order valence-corrected chi connectivity index (χ4v) is 3.39. The summed E-state index contributed by atoms with van der Waals surface area (Å²) in [6, 6.07) is 0. The number of halogens is 2. The van der Waals surface area contributed by atoms with Crippen LogP contribution in [0.3, 0.4) is 0 Å². The third kappa shape index (κ3) is 4.86. The highest BCUT2D eigenvalue weighted by atomic mass is 32.2. The highest BCUT2D eigenvalue weighted by molar-refractivity contribution is 7.98. The first-order valence-electron chi connectivity index (χ1n) is 8.56. The summed E-state index contributed by atoms with van der Waals surface area (Å²) in [5.41, 5.74) is 5.53. The minimum Gasteiger partial charge on any atom is -0.469 e. The number of primary amides is 1. The maximum Gasteiger partial charge on any atom is 0.411 e. The predicted molar refractivity (Wildman–Crippen MR) is 95.5 cm³/mol. The monoisotopic (exact) mass is 414 g/mol. The lowest BCUT2D eigenvalue weighted by Crippen LogP contribution is -2.25. The quantitative estimate of drug-likeness (QED) is 0.566. The van der Waals surface area contributed by atoms with Crippen LogP contribution in [0.15, 0.2) is 11.5 Å². The van der Waals surface area contributed by atoms with Gasteiger partial charge in [0.25, 0.3) is 0 Å². The van der Waals surface area contributed by atoms with Crippen molar-refractivity contribution >= 4 is 17.9 Å². The Bertz CT molecular complexity index is 853. The maximum atomic E-state index is 13.6. The summed E-state index contributed by atoms with van der Waals surface area (Å²) in [4.78, 5) is 24.0. The number of carbonyl (C=O) groups is 1. The van der Waals surface area contributed by atoms with Gasteiger partial charge in [-0.05, 0) is 25.0 Å². The molecule has 28 heavy (non-hydrogen) atoms. The number of rotatable bonds is 6. The van der Waals surface area contributed by atoms with E-state index in [1.807, 2.05) is 0 Å².